The highest BCUT2D eigenvalue weighted by Crippen LogP contribution is 2.29. The van der Waals surface area contributed by atoms with E-state index >= 15 is 0 Å². The van der Waals surface area contributed by atoms with Crippen LogP contribution in [0, 0.1) is 20.2 Å². The summed E-state index contributed by atoms with van der Waals surface area (Å²) in [6.07, 6.45) is 1.55. The Bertz CT molecular complexity index is 1290. The molecule has 4 rings (SSSR count). The number of rotatable bonds is 6. The average Bonchev–Trinajstić information content (AvgIpc) is 2.85. The van der Waals surface area contributed by atoms with Gasteiger partial charge in [-0.3, -0.25) is 31.5 Å². The largest absolute Gasteiger partial charge is 0.324 e. The summed E-state index contributed by atoms with van der Waals surface area (Å²) >= 11 is 0. The second kappa shape index (κ2) is 11.0. The summed E-state index contributed by atoms with van der Waals surface area (Å²) in [5.41, 5.74) is 6.20. The number of nitrogens with two attached hydrogens (primary N) is 1. The van der Waals surface area contributed by atoms with Crippen LogP contribution in [-0.4, -0.2) is 16.1 Å². The first-order valence-electron chi connectivity index (χ1n) is 9.71. The number of nitrogens with one attached hydrogen (secondary N) is 2. The van der Waals surface area contributed by atoms with Gasteiger partial charge in [-0.15, -0.1) is 0 Å². The molecule has 0 aromatic heterocycles. The number of hydrazone groups is 1. The highest BCUT2D eigenvalue weighted by atomic mass is 16.6. The third kappa shape index (κ3) is 6.09. The van der Waals surface area contributed by atoms with Gasteiger partial charge in [-0.25, -0.2) is 0 Å². The minimum atomic E-state index is -0.692. The summed E-state index contributed by atoms with van der Waals surface area (Å²) in [7, 11) is 0. The van der Waals surface area contributed by atoms with Gasteiger partial charge in [-0.05, 0) is 29.0 Å². The normalized spacial score (nSPS) is 10.3. The molecule has 0 bridgehead atoms. The van der Waals surface area contributed by atoms with Crippen molar-refractivity contribution >= 4 is 39.7 Å². The van der Waals surface area contributed by atoms with E-state index in [2.05, 4.69) is 16.0 Å². The zero-order valence-electron chi connectivity index (χ0n) is 17.3. The summed E-state index contributed by atoms with van der Waals surface area (Å²) in [5, 5.41) is 27.9. The highest BCUT2D eigenvalue weighted by molar-refractivity contribution is 5.99. The molecule has 0 radical (unpaired) electrons. The van der Waals surface area contributed by atoms with E-state index in [0.29, 0.717) is 0 Å². The third-order valence-corrected chi connectivity index (χ3v) is 4.54. The number of hydrazine groups is 1. The number of anilines is 2. The van der Waals surface area contributed by atoms with Gasteiger partial charge in [-0.1, -0.05) is 60.7 Å². The van der Waals surface area contributed by atoms with Gasteiger partial charge in [0.25, 0.3) is 5.69 Å². The third-order valence-electron chi connectivity index (χ3n) is 4.54. The van der Waals surface area contributed by atoms with Crippen LogP contribution in [0.3, 0.4) is 0 Å². The van der Waals surface area contributed by atoms with E-state index < -0.39 is 15.5 Å². The lowest BCUT2D eigenvalue weighted by atomic mass is 10.1. The van der Waals surface area contributed by atoms with Crippen LogP contribution in [-0.2, 0) is 0 Å². The molecular weight excluding hydrogens is 424 g/mol. The van der Waals surface area contributed by atoms with E-state index in [0.717, 1.165) is 28.1 Å². The van der Waals surface area contributed by atoms with Crippen molar-refractivity contribution in [1.29, 1.82) is 0 Å². The second-order valence-corrected chi connectivity index (χ2v) is 6.66. The van der Waals surface area contributed by atoms with Gasteiger partial charge in [0.2, 0.25) is 0 Å². The van der Waals surface area contributed by atoms with Gasteiger partial charge in [0.05, 0.1) is 22.1 Å². The molecule has 4 aromatic carbocycles. The van der Waals surface area contributed by atoms with Crippen molar-refractivity contribution in [2.45, 2.75) is 0 Å². The molecule has 10 heteroatoms. The summed E-state index contributed by atoms with van der Waals surface area (Å²) in [6.45, 7) is 0. The van der Waals surface area contributed by atoms with E-state index in [1.54, 1.807) is 6.21 Å². The number of nitro groups is 2. The van der Waals surface area contributed by atoms with Crippen LogP contribution in [0.25, 0.3) is 10.8 Å². The first-order chi connectivity index (χ1) is 16.0. The Kier molecular flexibility index (Phi) is 7.60. The number of para-hydroxylation sites is 1. The SMILES string of the molecule is NNc1ccccc1.O=[N+]([O-])c1ccc(NN=Cc2cccc3ccccc23)c([N+](=O)[O-])c1. The summed E-state index contributed by atoms with van der Waals surface area (Å²) in [5.74, 6) is 5.10. The highest BCUT2D eigenvalue weighted by Gasteiger charge is 2.19. The Morgan fingerprint density at radius 3 is 2.18 bits per heavy atom. The monoisotopic (exact) mass is 444 g/mol. The van der Waals surface area contributed by atoms with E-state index in [9.17, 15) is 20.2 Å². The van der Waals surface area contributed by atoms with Crippen molar-refractivity contribution in [1.82, 2.24) is 0 Å². The molecule has 4 aromatic rings. The predicted molar refractivity (Wildman–Crippen MR) is 129 cm³/mol. The molecule has 0 saturated carbocycles. The van der Waals surface area contributed by atoms with Crippen molar-refractivity contribution in [2.24, 2.45) is 10.9 Å². The predicted octanol–water partition coefficient (Wildman–Crippen LogP) is 5.07. The number of hydrogen-bond donors (Lipinski definition) is 3. The Morgan fingerprint density at radius 1 is 0.818 bits per heavy atom. The molecule has 10 nitrogen and oxygen atoms in total. The van der Waals surface area contributed by atoms with E-state index in [1.807, 2.05) is 72.8 Å². The molecule has 0 heterocycles. The molecule has 0 atom stereocenters. The molecule has 0 amide bonds. The van der Waals surface area contributed by atoms with Crippen molar-refractivity contribution in [3.63, 3.8) is 0 Å². The van der Waals surface area contributed by atoms with Gasteiger partial charge >= 0.3 is 5.69 Å². The van der Waals surface area contributed by atoms with Crippen LogP contribution in [0.5, 0.6) is 0 Å². The molecule has 33 heavy (non-hydrogen) atoms. The Labute approximate surface area is 188 Å². The van der Waals surface area contributed by atoms with Gasteiger partial charge in [0.1, 0.15) is 5.69 Å². The number of nitrogens with zero attached hydrogens (tertiary/aromatic N) is 3. The van der Waals surface area contributed by atoms with E-state index in [1.165, 1.54) is 12.1 Å². The van der Waals surface area contributed by atoms with Crippen LogP contribution >= 0.6 is 0 Å². The first kappa shape index (κ1) is 22.8. The number of non-ortho nitro benzene ring substituents is 1. The molecular formula is C23H20N6O4. The maximum Gasteiger partial charge on any atom is 0.301 e. The number of fused-ring (bicyclic) bond motifs is 1. The lowest BCUT2D eigenvalue weighted by Crippen LogP contribution is -2.05. The van der Waals surface area contributed by atoms with Crippen LogP contribution in [0.15, 0.2) is 96.1 Å². The molecule has 0 saturated heterocycles. The van der Waals surface area contributed by atoms with Crippen molar-refractivity contribution < 1.29 is 9.85 Å². The van der Waals surface area contributed by atoms with E-state index in [-0.39, 0.29) is 11.4 Å². The topological polar surface area (TPSA) is 149 Å². The second-order valence-electron chi connectivity index (χ2n) is 6.66. The zero-order chi connectivity index (χ0) is 23.6. The molecule has 0 aliphatic heterocycles. The Hall–Kier alpha value is -4.83. The maximum absolute atomic E-state index is 11.1. The van der Waals surface area contributed by atoms with Gasteiger partial charge in [0.15, 0.2) is 0 Å². The molecule has 0 aliphatic rings. The number of nitrogen functional groups attached to an aromatic ring is 1. The Morgan fingerprint density at radius 2 is 1.52 bits per heavy atom. The molecule has 4 N–H and O–H groups in total. The quantitative estimate of drug-likeness (QED) is 0.163. The van der Waals surface area contributed by atoms with Crippen molar-refractivity contribution in [2.75, 3.05) is 10.9 Å². The molecule has 0 unspecified atom stereocenters. The van der Waals surface area contributed by atoms with Crippen LogP contribution in [0.2, 0.25) is 0 Å². The first-order valence-corrected chi connectivity index (χ1v) is 9.71. The summed E-state index contributed by atoms with van der Waals surface area (Å²) in [4.78, 5) is 20.5. The number of hydrogen-bond acceptors (Lipinski definition) is 8. The summed E-state index contributed by atoms with van der Waals surface area (Å²) < 4.78 is 0. The molecule has 0 spiro atoms. The maximum atomic E-state index is 11.1. The molecule has 0 aliphatic carbocycles. The van der Waals surface area contributed by atoms with Crippen LogP contribution in [0.1, 0.15) is 5.56 Å². The van der Waals surface area contributed by atoms with Gasteiger partial charge < -0.3 is 5.43 Å². The van der Waals surface area contributed by atoms with Crippen LogP contribution < -0.4 is 16.7 Å². The van der Waals surface area contributed by atoms with Crippen molar-refractivity contribution in [3.8, 4) is 0 Å². The van der Waals surface area contributed by atoms with Gasteiger partial charge in [0, 0.05) is 17.3 Å². The minimum Gasteiger partial charge on any atom is -0.324 e. The van der Waals surface area contributed by atoms with Gasteiger partial charge in [-0.2, -0.15) is 5.10 Å². The number of benzene rings is 4. The number of nitro benzene ring substituents is 2. The zero-order valence-corrected chi connectivity index (χ0v) is 17.3. The smallest absolute Gasteiger partial charge is 0.301 e. The lowest BCUT2D eigenvalue weighted by molar-refractivity contribution is -0.393. The fourth-order valence-electron chi connectivity index (χ4n) is 2.95. The molecule has 0 fully saturated rings. The lowest BCUT2D eigenvalue weighted by Gasteiger charge is -2.03. The molecule has 166 valence electrons. The van der Waals surface area contributed by atoms with Crippen LogP contribution in [0.4, 0.5) is 22.7 Å². The van der Waals surface area contributed by atoms with E-state index in [4.69, 9.17) is 5.84 Å². The fraction of sp³-hybridized carbons (Fsp3) is 0. The fourth-order valence-corrected chi connectivity index (χ4v) is 2.95. The Balaban J connectivity index is 0.000000323. The minimum absolute atomic E-state index is 0.0760. The summed E-state index contributed by atoms with van der Waals surface area (Å²) in [6, 6.07) is 26.4. The average molecular weight is 444 g/mol. The standard InChI is InChI=1S/C17H12N4O4.C6H8N2/c22-20(23)14-8-9-16(17(10-14)21(24)25)19-18-11-13-6-3-5-12-4-1-2-7-15(12)13;7-8-6-4-2-1-3-5-6/h1-11,19H;1-5,8H,7H2. The van der Waals surface area contributed by atoms with Crippen molar-refractivity contribution in [3.05, 3.63) is 117 Å².